The number of nitrogens with one attached hydrogen (secondary N) is 1. The molecule has 0 radical (unpaired) electrons. The van der Waals surface area contributed by atoms with Crippen LogP contribution in [0.15, 0.2) is 69.3 Å². The highest BCUT2D eigenvalue weighted by atomic mass is 35.5. The molecule has 106 valence electrons. The molecule has 0 bridgehead atoms. The largest absolute Gasteiger partial charge is 0.329 e. The van der Waals surface area contributed by atoms with Crippen LogP contribution in [0.3, 0.4) is 0 Å². The number of halogens is 1. The zero-order valence-corrected chi connectivity index (χ0v) is 12.3. The summed E-state index contributed by atoms with van der Waals surface area (Å²) < 4.78 is 25.1. The van der Waals surface area contributed by atoms with Gasteiger partial charge in [0.1, 0.15) is 0 Å². The minimum Gasteiger partial charge on any atom is -0.329 e. The number of hydrogen-bond acceptors (Lipinski definition) is 3. The molecule has 1 heterocycles. The minimum atomic E-state index is -3.63. The quantitative estimate of drug-likeness (QED) is 0.789. The Morgan fingerprint density at radius 2 is 1.57 bits per heavy atom. The van der Waals surface area contributed by atoms with Crippen molar-refractivity contribution in [3.8, 4) is 0 Å². The SMILES string of the molecule is O=c1[nH]ccc2cc(S(=O)(=O)c3ccc(Cl)cc3)ccc12. The molecule has 0 spiro atoms. The summed E-state index contributed by atoms with van der Waals surface area (Å²) in [6.07, 6.45) is 1.49. The van der Waals surface area contributed by atoms with Crippen molar-refractivity contribution < 1.29 is 8.42 Å². The molecule has 1 aromatic heterocycles. The van der Waals surface area contributed by atoms with E-state index in [0.717, 1.165) is 0 Å². The summed E-state index contributed by atoms with van der Waals surface area (Å²) in [6, 6.07) is 12.1. The lowest BCUT2D eigenvalue weighted by molar-refractivity contribution is 0.596. The number of pyridine rings is 1. The van der Waals surface area contributed by atoms with Crippen molar-refractivity contribution in [3.05, 3.63) is 70.1 Å². The van der Waals surface area contributed by atoms with E-state index in [4.69, 9.17) is 11.6 Å². The van der Waals surface area contributed by atoms with Crippen molar-refractivity contribution in [2.75, 3.05) is 0 Å². The van der Waals surface area contributed by atoms with E-state index in [0.29, 0.717) is 15.8 Å². The predicted molar refractivity (Wildman–Crippen MR) is 81.5 cm³/mol. The fourth-order valence-electron chi connectivity index (χ4n) is 2.09. The van der Waals surface area contributed by atoms with E-state index >= 15 is 0 Å². The lowest BCUT2D eigenvalue weighted by Gasteiger charge is -2.06. The van der Waals surface area contributed by atoms with Crippen LogP contribution in [-0.2, 0) is 9.84 Å². The number of sulfone groups is 1. The van der Waals surface area contributed by atoms with Gasteiger partial charge in [0.15, 0.2) is 0 Å². The molecule has 0 fully saturated rings. The fourth-order valence-corrected chi connectivity index (χ4v) is 3.51. The number of H-pyrrole nitrogens is 1. The molecular weight excluding hydrogens is 310 g/mol. The van der Waals surface area contributed by atoms with E-state index in [1.165, 1.54) is 48.7 Å². The van der Waals surface area contributed by atoms with E-state index in [-0.39, 0.29) is 15.4 Å². The summed E-state index contributed by atoms with van der Waals surface area (Å²) in [4.78, 5) is 14.5. The van der Waals surface area contributed by atoms with Crippen LogP contribution in [0.1, 0.15) is 0 Å². The van der Waals surface area contributed by atoms with Crippen molar-refractivity contribution in [3.63, 3.8) is 0 Å². The third kappa shape index (κ3) is 2.46. The molecule has 6 heteroatoms. The van der Waals surface area contributed by atoms with Gasteiger partial charge in [0.25, 0.3) is 5.56 Å². The summed E-state index contributed by atoms with van der Waals surface area (Å²) >= 11 is 5.77. The van der Waals surface area contributed by atoms with Crippen LogP contribution in [-0.4, -0.2) is 13.4 Å². The zero-order chi connectivity index (χ0) is 15.0. The van der Waals surface area contributed by atoms with Gasteiger partial charge >= 0.3 is 0 Å². The molecule has 0 aliphatic heterocycles. The Morgan fingerprint density at radius 1 is 0.905 bits per heavy atom. The van der Waals surface area contributed by atoms with Gasteiger partial charge in [0, 0.05) is 16.6 Å². The first-order valence-electron chi connectivity index (χ1n) is 6.10. The molecule has 0 atom stereocenters. The Balaban J connectivity index is 2.19. The second kappa shape index (κ2) is 5.02. The Hall–Kier alpha value is -2.11. The predicted octanol–water partition coefficient (Wildman–Crippen LogP) is 3.01. The maximum absolute atomic E-state index is 12.5. The van der Waals surface area contributed by atoms with Crippen LogP contribution in [0.4, 0.5) is 0 Å². The second-order valence-electron chi connectivity index (χ2n) is 4.51. The number of aromatic nitrogens is 1. The van der Waals surface area contributed by atoms with Crippen LogP contribution in [0.5, 0.6) is 0 Å². The first-order valence-corrected chi connectivity index (χ1v) is 7.97. The monoisotopic (exact) mass is 319 g/mol. The van der Waals surface area contributed by atoms with Gasteiger partial charge in [-0.2, -0.15) is 0 Å². The molecule has 0 aliphatic rings. The number of fused-ring (bicyclic) bond motifs is 1. The van der Waals surface area contributed by atoms with Gasteiger partial charge in [-0.25, -0.2) is 8.42 Å². The summed E-state index contributed by atoms with van der Waals surface area (Å²) in [5, 5.41) is 1.50. The Kier molecular flexibility index (Phi) is 3.31. The summed E-state index contributed by atoms with van der Waals surface area (Å²) in [5.41, 5.74) is -0.247. The Bertz CT molecular complexity index is 976. The lowest BCUT2D eigenvalue weighted by atomic mass is 10.2. The molecular formula is C15H10ClNO3S. The molecule has 4 nitrogen and oxygen atoms in total. The van der Waals surface area contributed by atoms with Crippen LogP contribution < -0.4 is 5.56 Å². The topological polar surface area (TPSA) is 67.0 Å². The molecule has 1 N–H and O–H groups in total. The molecule has 0 aliphatic carbocycles. The van der Waals surface area contributed by atoms with Crippen molar-refractivity contribution in [1.82, 2.24) is 4.98 Å². The highest BCUT2D eigenvalue weighted by molar-refractivity contribution is 7.91. The van der Waals surface area contributed by atoms with Crippen LogP contribution in [0.2, 0.25) is 5.02 Å². The van der Waals surface area contributed by atoms with Crippen molar-refractivity contribution in [2.45, 2.75) is 9.79 Å². The highest BCUT2D eigenvalue weighted by Gasteiger charge is 2.18. The fraction of sp³-hybridized carbons (Fsp3) is 0. The smallest absolute Gasteiger partial charge is 0.255 e. The van der Waals surface area contributed by atoms with Crippen molar-refractivity contribution in [1.29, 1.82) is 0 Å². The molecule has 0 unspecified atom stereocenters. The maximum Gasteiger partial charge on any atom is 0.255 e. The zero-order valence-electron chi connectivity index (χ0n) is 10.7. The summed E-state index contributed by atoms with van der Waals surface area (Å²) in [5.74, 6) is 0. The molecule has 3 aromatic rings. The average Bonchev–Trinajstić information content (AvgIpc) is 2.47. The molecule has 0 amide bonds. The summed E-state index contributed by atoms with van der Waals surface area (Å²) in [6.45, 7) is 0. The van der Waals surface area contributed by atoms with E-state index < -0.39 is 9.84 Å². The van der Waals surface area contributed by atoms with Crippen LogP contribution in [0, 0.1) is 0 Å². The van der Waals surface area contributed by atoms with Crippen LogP contribution >= 0.6 is 11.6 Å². The van der Waals surface area contributed by atoms with E-state index in [1.807, 2.05) is 0 Å². The van der Waals surface area contributed by atoms with E-state index in [1.54, 1.807) is 6.07 Å². The van der Waals surface area contributed by atoms with E-state index in [2.05, 4.69) is 4.98 Å². The van der Waals surface area contributed by atoms with Gasteiger partial charge in [-0.1, -0.05) is 11.6 Å². The number of hydrogen-bond donors (Lipinski definition) is 1. The van der Waals surface area contributed by atoms with Gasteiger partial charge < -0.3 is 4.98 Å². The standard InChI is InChI=1S/C15H10ClNO3S/c16-11-1-3-12(4-2-11)21(19,20)13-5-6-14-10(9-13)7-8-17-15(14)18/h1-9H,(H,17,18). The maximum atomic E-state index is 12.5. The molecule has 0 saturated heterocycles. The molecule has 2 aromatic carbocycles. The third-order valence-corrected chi connectivity index (χ3v) is 5.20. The number of rotatable bonds is 2. The van der Waals surface area contributed by atoms with Gasteiger partial charge in [0.05, 0.1) is 9.79 Å². The van der Waals surface area contributed by atoms with Crippen LogP contribution in [0.25, 0.3) is 10.8 Å². The summed E-state index contributed by atoms with van der Waals surface area (Å²) in [7, 11) is -3.63. The van der Waals surface area contributed by atoms with E-state index in [9.17, 15) is 13.2 Å². The second-order valence-corrected chi connectivity index (χ2v) is 6.90. The normalized spacial score (nSPS) is 11.7. The molecule has 0 saturated carbocycles. The Labute approximate surface area is 125 Å². The minimum absolute atomic E-state index is 0.142. The van der Waals surface area contributed by atoms with Gasteiger partial charge in [0.2, 0.25) is 9.84 Å². The molecule has 21 heavy (non-hydrogen) atoms. The van der Waals surface area contributed by atoms with Crippen molar-refractivity contribution in [2.24, 2.45) is 0 Å². The van der Waals surface area contributed by atoms with Gasteiger partial charge in [-0.15, -0.1) is 0 Å². The van der Waals surface area contributed by atoms with Gasteiger partial charge in [-0.05, 0) is 53.9 Å². The first kappa shape index (κ1) is 13.9. The number of aromatic amines is 1. The third-order valence-electron chi connectivity index (χ3n) is 3.18. The average molecular weight is 320 g/mol. The number of benzene rings is 2. The lowest BCUT2D eigenvalue weighted by Crippen LogP contribution is -2.06. The first-order chi connectivity index (χ1) is 9.98. The Morgan fingerprint density at radius 3 is 2.29 bits per heavy atom. The van der Waals surface area contributed by atoms with Gasteiger partial charge in [-0.3, -0.25) is 4.79 Å². The molecule has 3 rings (SSSR count). The highest BCUT2D eigenvalue weighted by Crippen LogP contribution is 2.24. The van der Waals surface area contributed by atoms with Crippen molar-refractivity contribution >= 4 is 32.2 Å².